The summed E-state index contributed by atoms with van der Waals surface area (Å²) in [5.74, 6) is -0.324. The molecule has 0 atom stereocenters. The maximum atomic E-state index is 11.3. The van der Waals surface area contributed by atoms with E-state index in [1.165, 1.54) is 0 Å². The molecule has 0 aliphatic carbocycles. The van der Waals surface area contributed by atoms with Crippen LogP contribution in [0.5, 0.6) is 0 Å². The Balaban J connectivity index is 2.60. The van der Waals surface area contributed by atoms with Crippen LogP contribution >= 0.6 is 0 Å². The summed E-state index contributed by atoms with van der Waals surface area (Å²) in [4.78, 5) is 17.7. The number of pyridine rings is 1. The van der Waals surface area contributed by atoms with Crippen molar-refractivity contribution in [2.24, 2.45) is 0 Å². The van der Waals surface area contributed by atoms with Gasteiger partial charge in [0, 0.05) is 25.1 Å². The largest absolute Gasteiger partial charge is 0.477 e. The van der Waals surface area contributed by atoms with Crippen LogP contribution in [0.25, 0.3) is 10.8 Å². The standard InChI is InChI=1S/C16H20N2O3/c1-11(2)18(8-9-21-3)15-13-7-5-4-6-12(13)10-14(17-15)16(19)20/h4-7,10-11H,8-9H2,1-3H3,(H,19,20). The Morgan fingerprint density at radius 3 is 2.71 bits per heavy atom. The van der Waals surface area contributed by atoms with Gasteiger partial charge < -0.3 is 14.7 Å². The Labute approximate surface area is 124 Å². The molecule has 112 valence electrons. The average Bonchev–Trinajstić information content (AvgIpc) is 2.46. The third kappa shape index (κ3) is 3.31. The van der Waals surface area contributed by atoms with Crippen LogP contribution in [-0.2, 0) is 4.74 Å². The van der Waals surface area contributed by atoms with Gasteiger partial charge in [-0.25, -0.2) is 9.78 Å². The molecule has 21 heavy (non-hydrogen) atoms. The van der Waals surface area contributed by atoms with Gasteiger partial charge in [0.25, 0.3) is 0 Å². The number of carboxylic acids is 1. The van der Waals surface area contributed by atoms with Crippen LogP contribution in [0.15, 0.2) is 30.3 Å². The summed E-state index contributed by atoms with van der Waals surface area (Å²) < 4.78 is 5.15. The third-order valence-electron chi connectivity index (χ3n) is 3.37. The fraction of sp³-hybridized carbons (Fsp3) is 0.375. The molecule has 1 aromatic carbocycles. The van der Waals surface area contributed by atoms with Crippen LogP contribution in [0.3, 0.4) is 0 Å². The molecule has 1 N–H and O–H groups in total. The number of carbonyl (C=O) groups is 1. The van der Waals surface area contributed by atoms with Gasteiger partial charge in [-0.3, -0.25) is 0 Å². The van der Waals surface area contributed by atoms with Gasteiger partial charge >= 0.3 is 5.97 Å². The first-order valence-corrected chi connectivity index (χ1v) is 6.93. The van der Waals surface area contributed by atoms with Crippen LogP contribution in [0.1, 0.15) is 24.3 Å². The van der Waals surface area contributed by atoms with Crippen LogP contribution in [-0.4, -0.2) is 42.4 Å². The van der Waals surface area contributed by atoms with Crippen LogP contribution in [0.2, 0.25) is 0 Å². The smallest absolute Gasteiger partial charge is 0.354 e. The van der Waals surface area contributed by atoms with E-state index in [1.807, 2.05) is 24.3 Å². The molecule has 2 aromatic rings. The molecule has 0 fully saturated rings. The van der Waals surface area contributed by atoms with Crippen molar-refractivity contribution in [3.05, 3.63) is 36.0 Å². The van der Waals surface area contributed by atoms with Gasteiger partial charge in [0.05, 0.1) is 6.61 Å². The first-order chi connectivity index (χ1) is 10.0. The minimum atomic E-state index is -1.02. The average molecular weight is 288 g/mol. The highest BCUT2D eigenvalue weighted by Crippen LogP contribution is 2.27. The van der Waals surface area contributed by atoms with Crippen molar-refractivity contribution in [3.63, 3.8) is 0 Å². The SMILES string of the molecule is COCCN(c1nc(C(=O)O)cc2ccccc12)C(C)C. The predicted molar refractivity (Wildman–Crippen MR) is 83.1 cm³/mol. The van der Waals surface area contributed by atoms with Gasteiger partial charge in [-0.15, -0.1) is 0 Å². The summed E-state index contributed by atoms with van der Waals surface area (Å²) in [5, 5.41) is 11.1. The van der Waals surface area contributed by atoms with E-state index in [9.17, 15) is 9.90 Å². The molecular formula is C16H20N2O3. The molecule has 0 amide bonds. The molecular weight excluding hydrogens is 268 g/mol. The van der Waals surface area contributed by atoms with Crippen molar-refractivity contribution < 1.29 is 14.6 Å². The zero-order valence-electron chi connectivity index (χ0n) is 12.5. The van der Waals surface area contributed by atoms with Crippen molar-refractivity contribution in [1.82, 2.24) is 4.98 Å². The summed E-state index contributed by atoms with van der Waals surface area (Å²) >= 11 is 0. The fourth-order valence-corrected chi connectivity index (χ4v) is 2.31. The monoisotopic (exact) mass is 288 g/mol. The van der Waals surface area contributed by atoms with Crippen molar-refractivity contribution in [1.29, 1.82) is 0 Å². The fourth-order valence-electron chi connectivity index (χ4n) is 2.31. The lowest BCUT2D eigenvalue weighted by Gasteiger charge is -2.29. The number of nitrogens with zero attached hydrogens (tertiary/aromatic N) is 2. The predicted octanol–water partition coefficient (Wildman–Crippen LogP) is 2.79. The second-order valence-electron chi connectivity index (χ2n) is 5.14. The minimum Gasteiger partial charge on any atom is -0.477 e. The highest BCUT2D eigenvalue weighted by Gasteiger charge is 2.18. The number of carboxylic acid groups (broad SMARTS) is 1. The summed E-state index contributed by atoms with van der Waals surface area (Å²) in [6.07, 6.45) is 0. The molecule has 5 nitrogen and oxygen atoms in total. The minimum absolute atomic E-state index is 0.0618. The van der Waals surface area contributed by atoms with E-state index >= 15 is 0 Å². The Morgan fingerprint density at radius 2 is 2.10 bits per heavy atom. The van der Waals surface area contributed by atoms with Gasteiger partial charge in [-0.2, -0.15) is 0 Å². The number of hydrogen-bond acceptors (Lipinski definition) is 4. The Hall–Kier alpha value is -2.14. The van der Waals surface area contributed by atoms with E-state index in [0.29, 0.717) is 19.0 Å². The molecule has 1 aromatic heterocycles. The van der Waals surface area contributed by atoms with E-state index < -0.39 is 5.97 Å². The lowest BCUT2D eigenvalue weighted by Crippen LogP contribution is -2.35. The van der Waals surface area contributed by atoms with Gasteiger partial charge in [0.1, 0.15) is 5.82 Å². The zero-order valence-corrected chi connectivity index (χ0v) is 12.5. The summed E-state index contributed by atoms with van der Waals surface area (Å²) in [6, 6.07) is 9.50. The first-order valence-electron chi connectivity index (χ1n) is 6.93. The number of aromatic carboxylic acids is 1. The second kappa shape index (κ2) is 6.54. The number of anilines is 1. The van der Waals surface area contributed by atoms with Crippen LogP contribution in [0, 0.1) is 0 Å². The maximum Gasteiger partial charge on any atom is 0.354 e. The molecule has 0 aliphatic rings. The molecule has 0 bridgehead atoms. The molecule has 5 heteroatoms. The molecule has 0 saturated carbocycles. The van der Waals surface area contributed by atoms with Crippen LogP contribution < -0.4 is 4.90 Å². The topological polar surface area (TPSA) is 62.7 Å². The zero-order chi connectivity index (χ0) is 15.4. The molecule has 0 radical (unpaired) electrons. The van der Waals surface area contributed by atoms with Crippen molar-refractivity contribution in [3.8, 4) is 0 Å². The van der Waals surface area contributed by atoms with Gasteiger partial charge in [0.2, 0.25) is 0 Å². The highest BCUT2D eigenvalue weighted by atomic mass is 16.5. The number of benzene rings is 1. The van der Waals surface area contributed by atoms with Gasteiger partial charge in [0.15, 0.2) is 5.69 Å². The van der Waals surface area contributed by atoms with Gasteiger partial charge in [-0.1, -0.05) is 24.3 Å². The lowest BCUT2D eigenvalue weighted by atomic mass is 10.1. The second-order valence-corrected chi connectivity index (χ2v) is 5.14. The van der Waals surface area contributed by atoms with E-state index in [2.05, 4.69) is 23.7 Å². The normalized spacial score (nSPS) is 11.0. The van der Waals surface area contributed by atoms with Gasteiger partial charge in [-0.05, 0) is 25.3 Å². The Kier molecular flexibility index (Phi) is 4.75. The van der Waals surface area contributed by atoms with E-state index in [1.54, 1.807) is 13.2 Å². The first kappa shape index (κ1) is 15.3. The number of aromatic nitrogens is 1. The Morgan fingerprint density at radius 1 is 1.38 bits per heavy atom. The van der Waals surface area contributed by atoms with Crippen molar-refractivity contribution >= 4 is 22.6 Å². The van der Waals surface area contributed by atoms with E-state index in [4.69, 9.17) is 4.74 Å². The summed E-state index contributed by atoms with van der Waals surface area (Å²) in [5.41, 5.74) is 0.0618. The van der Waals surface area contributed by atoms with Crippen molar-refractivity contribution in [2.75, 3.05) is 25.2 Å². The van der Waals surface area contributed by atoms with E-state index in [-0.39, 0.29) is 11.7 Å². The number of hydrogen-bond donors (Lipinski definition) is 1. The highest BCUT2D eigenvalue weighted by molar-refractivity contribution is 5.98. The number of methoxy groups -OCH3 is 1. The van der Waals surface area contributed by atoms with Crippen molar-refractivity contribution in [2.45, 2.75) is 19.9 Å². The lowest BCUT2D eigenvalue weighted by molar-refractivity contribution is 0.0691. The number of rotatable bonds is 6. The quantitative estimate of drug-likeness (QED) is 0.885. The molecule has 0 unspecified atom stereocenters. The summed E-state index contributed by atoms with van der Waals surface area (Å²) in [6.45, 7) is 5.33. The summed E-state index contributed by atoms with van der Waals surface area (Å²) in [7, 11) is 1.65. The molecule has 0 saturated heterocycles. The molecule has 0 aliphatic heterocycles. The molecule has 1 heterocycles. The number of ether oxygens (including phenoxy) is 1. The molecule has 0 spiro atoms. The third-order valence-corrected chi connectivity index (χ3v) is 3.37. The van der Waals surface area contributed by atoms with E-state index in [0.717, 1.165) is 10.8 Å². The Bertz CT molecular complexity index is 640. The number of fused-ring (bicyclic) bond motifs is 1. The maximum absolute atomic E-state index is 11.3. The molecule has 2 rings (SSSR count). The van der Waals surface area contributed by atoms with Crippen LogP contribution in [0.4, 0.5) is 5.82 Å².